The number of hydrazone groups is 1. The molecule has 1 N–H and O–H groups in total. The maximum absolute atomic E-state index is 13.7. The molecule has 0 radical (unpaired) electrons. The molecule has 2 aliphatic heterocycles. The summed E-state index contributed by atoms with van der Waals surface area (Å²) >= 11 is 0. The molecule has 0 saturated carbocycles. The molecule has 0 spiro atoms. The van der Waals surface area contributed by atoms with Crippen LogP contribution in [0.1, 0.15) is 37.7 Å². The second-order valence-corrected chi connectivity index (χ2v) is 6.48. The van der Waals surface area contributed by atoms with Crippen LogP contribution in [0, 0.1) is 11.7 Å². The van der Waals surface area contributed by atoms with Crippen molar-refractivity contribution >= 4 is 17.5 Å². The van der Waals surface area contributed by atoms with Crippen LogP contribution in [0.2, 0.25) is 0 Å². The first-order chi connectivity index (χ1) is 11.6. The van der Waals surface area contributed by atoms with Crippen molar-refractivity contribution < 1.29 is 14.0 Å². The Bertz CT molecular complexity index is 659. The van der Waals surface area contributed by atoms with Gasteiger partial charge in [-0.3, -0.25) is 9.59 Å². The summed E-state index contributed by atoms with van der Waals surface area (Å²) in [5.74, 6) is -0.00631. The lowest BCUT2D eigenvalue weighted by Crippen LogP contribution is -2.45. The van der Waals surface area contributed by atoms with E-state index >= 15 is 0 Å². The molecule has 1 atom stereocenters. The van der Waals surface area contributed by atoms with Crippen LogP contribution < -0.4 is 5.43 Å². The summed E-state index contributed by atoms with van der Waals surface area (Å²) in [5, 5.41) is 3.89. The van der Waals surface area contributed by atoms with Crippen molar-refractivity contribution in [1.29, 1.82) is 0 Å². The molecular formula is C18H22FN3O2. The molecule has 128 valence electrons. The number of nitrogens with zero attached hydrogens (tertiary/aromatic N) is 2. The van der Waals surface area contributed by atoms with E-state index < -0.39 is 0 Å². The normalized spacial score (nSPS) is 21.2. The van der Waals surface area contributed by atoms with Crippen molar-refractivity contribution in [2.24, 2.45) is 11.0 Å². The van der Waals surface area contributed by atoms with E-state index in [1.54, 1.807) is 6.07 Å². The lowest BCUT2D eigenvalue weighted by atomic mass is 9.91. The van der Waals surface area contributed by atoms with Crippen molar-refractivity contribution in [2.45, 2.75) is 38.5 Å². The number of hydrogen-bond donors (Lipinski definition) is 1. The Labute approximate surface area is 140 Å². The predicted octanol–water partition coefficient (Wildman–Crippen LogP) is 2.26. The van der Waals surface area contributed by atoms with Gasteiger partial charge in [-0.15, -0.1) is 0 Å². The highest BCUT2D eigenvalue weighted by Gasteiger charge is 2.28. The van der Waals surface area contributed by atoms with Gasteiger partial charge in [0.2, 0.25) is 5.91 Å². The van der Waals surface area contributed by atoms with Crippen LogP contribution in [-0.4, -0.2) is 35.5 Å². The molecule has 2 aliphatic rings. The molecule has 1 fully saturated rings. The Kier molecular flexibility index (Phi) is 5.23. The topological polar surface area (TPSA) is 61.8 Å². The minimum absolute atomic E-state index is 0.0782. The Morgan fingerprint density at radius 1 is 1.33 bits per heavy atom. The standard InChI is InChI=1S/C18H22FN3O2/c19-15-6-2-1-5-14(15)8-7-13-4-3-11-22(12-13)18(24)16-9-10-17(23)21-20-16/h1-2,5-6,13H,3-4,7-12H2,(H,21,23)/t13-/m0/s1. The molecule has 24 heavy (non-hydrogen) atoms. The summed E-state index contributed by atoms with van der Waals surface area (Å²) in [4.78, 5) is 25.5. The first-order valence-corrected chi connectivity index (χ1v) is 8.51. The maximum atomic E-state index is 13.7. The van der Waals surface area contributed by atoms with Gasteiger partial charge in [-0.1, -0.05) is 18.2 Å². The van der Waals surface area contributed by atoms with Crippen LogP contribution in [-0.2, 0) is 16.0 Å². The quantitative estimate of drug-likeness (QED) is 0.920. The third kappa shape index (κ3) is 3.99. The van der Waals surface area contributed by atoms with Gasteiger partial charge < -0.3 is 4.90 Å². The molecule has 1 saturated heterocycles. The highest BCUT2D eigenvalue weighted by molar-refractivity contribution is 6.39. The summed E-state index contributed by atoms with van der Waals surface area (Å²) in [6.07, 6.45) is 4.29. The van der Waals surface area contributed by atoms with Crippen LogP contribution in [0.4, 0.5) is 4.39 Å². The van der Waals surface area contributed by atoms with Crippen molar-refractivity contribution in [3.63, 3.8) is 0 Å². The fourth-order valence-corrected chi connectivity index (χ4v) is 3.36. The van der Waals surface area contributed by atoms with Gasteiger partial charge in [0.1, 0.15) is 11.5 Å². The molecule has 0 unspecified atom stereocenters. The SMILES string of the molecule is O=C1CCC(C(=O)N2CCC[C@@H](CCc3ccccc3F)C2)=NN1. The minimum Gasteiger partial charge on any atom is -0.337 e. The lowest BCUT2D eigenvalue weighted by Gasteiger charge is -2.33. The molecule has 3 rings (SSSR count). The first-order valence-electron chi connectivity index (χ1n) is 8.51. The highest BCUT2D eigenvalue weighted by Crippen LogP contribution is 2.23. The largest absolute Gasteiger partial charge is 0.337 e. The zero-order valence-corrected chi connectivity index (χ0v) is 13.6. The van der Waals surface area contributed by atoms with Crippen molar-refractivity contribution in [2.75, 3.05) is 13.1 Å². The zero-order chi connectivity index (χ0) is 16.9. The summed E-state index contributed by atoms with van der Waals surface area (Å²) < 4.78 is 13.7. The number of carbonyl (C=O) groups is 2. The Morgan fingerprint density at radius 3 is 2.92 bits per heavy atom. The molecule has 0 aromatic heterocycles. The minimum atomic E-state index is -0.159. The zero-order valence-electron chi connectivity index (χ0n) is 13.6. The number of halogens is 1. The van der Waals surface area contributed by atoms with Crippen LogP contribution >= 0.6 is 0 Å². The Morgan fingerprint density at radius 2 is 2.17 bits per heavy atom. The average Bonchev–Trinajstić information content (AvgIpc) is 2.61. The van der Waals surface area contributed by atoms with Gasteiger partial charge in [-0.2, -0.15) is 5.10 Å². The molecule has 2 amide bonds. The van der Waals surface area contributed by atoms with Gasteiger partial charge in [0.15, 0.2) is 0 Å². The predicted molar refractivity (Wildman–Crippen MR) is 88.8 cm³/mol. The molecule has 6 heteroatoms. The third-order valence-corrected chi connectivity index (χ3v) is 4.74. The van der Waals surface area contributed by atoms with Crippen molar-refractivity contribution in [1.82, 2.24) is 10.3 Å². The van der Waals surface area contributed by atoms with Crippen molar-refractivity contribution in [3.8, 4) is 0 Å². The second-order valence-electron chi connectivity index (χ2n) is 6.48. The Balaban J connectivity index is 1.55. The molecule has 1 aromatic carbocycles. The van der Waals surface area contributed by atoms with E-state index in [2.05, 4.69) is 10.5 Å². The fourth-order valence-electron chi connectivity index (χ4n) is 3.36. The number of rotatable bonds is 4. The van der Waals surface area contributed by atoms with Gasteiger partial charge in [0.05, 0.1) is 0 Å². The Hall–Kier alpha value is -2.24. The van der Waals surface area contributed by atoms with Crippen molar-refractivity contribution in [3.05, 3.63) is 35.6 Å². The van der Waals surface area contributed by atoms with Crippen LogP contribution in [0.3, 0.4) is 0 Å². The highest BCUT2D eigenvalue weighted by atomic mass is 19.1. The number of piperidine rings is 1. The average molecular weight is 331 g/mol. The smallest absolute Gasteiger partial charge is 0.270 e. The monoisotopic (exact) mass is 331 g/mol. The molecule has 0 aliphatic carbocycles. The van der Waals surface area contributed by atoms with Crippen LogP contribution in [0.5, 0.6) is 0 Å². The van der Waals surface area contributed by atoms with Crippen LogP contribution in [0.25, 0.3) is 0 Å². The number of carbonyl (C=O) groups excluding carboxylic acids is 2. The van der Waals surface area contributed by atoms with Gasteiger partial charge in [0.25, 0.3) is 5.91 Å². The second kappa shape index (κ2) is 7.55. The van der Waals surface area contributed by atoms with E-state index in [9.17, 15) is 14.0 Å². The summed E-state index contributed by atoms with van der Waals surface area (Å²) in [5.41, 5.74) is 3.55. The molecule has 0 bridgehead atoms. The van der Waals surface area contributed by atoms with Gasteiger partial charge in [-0.05, 0) is 43.2 Å². The number of nitrogens with one attached hydrogen (secondary N) is 1. The van der Waals surface area contributed by atoms with E-state index in [-0.39, 0.29) is 17.6 Å². The summed E-state index contributed by atoms with van der Waals surface area (Å²) in [6.45, 7) is 1.41. The van der Waals surface area contributed by atoms with E-state index in [0.29, 0.717) is 37.4 Å². The van der Waals surface area contributed by atoms with Crippen LogP contribution in [0.15, 0.2) is 29.4 Å². The summed E-state index contributed by atoms with van der Waals surface area (Å²) in [6, 6.07) is 6.86. The third-order valence-electron chi connectivity index (χ3n) is 4.74. The van der Waals surface area contributed by atoms with E-state index in [1.807, 2.05) is 17.0 Å². The van der Waals surface area contributed by atoms with E-state index in [1.165, 1.54) is 6.07 Å². The number of likely N-dealkylation sites (tertiary alicyclic amines) is 1. The summed E-state index contributed by atoms with van der Waals surface area (Å²) in [7, 11) is 0. The maximum Gasteiger partial charge on any atom is 0.270 e. The molecule has 1 aromatic rings. The van der Waals surface area contributed by atoms with Gasteiger partial charge >= 0.3 is 0 Å². The molecule has 5 nitrogen and oxygen atoms in total. The van der Waals surface area contributed by atoms with E-state index in [0.717, 1.165) is 31.4 Å². The van der Waals surface area contributed by atoms with Gasteiger partial charge in [0, 0.05) is 25.9 Å². The molecular weight excluding hydrogens is 309 g/mol. The number of aryl methyl sites for hydroxylation is 1. The van der Waals surface area contributed by atoms with Gasteiger partial charge in [-0.25, -0.2) is 9.82 Å². The fraction of sp³-hybridized carbons (Fsp3) is 0.500. The lowest BCUT2D eigenvalue weighted by molar-refractivity contribution is -0.126. The van der Waals surface area contributed by atoms with E-state index in [4.69, 9.17) is 0 Å². The molecule has 2 heterocycles. The number of hydrogen-bond acceptors (Lipinski definition) is 3. The number of amides is 2. The first kappa shape index (κ1) is 16.6. The number of benzene rings is 1.